The summed E-state index contributed by atoms with van der Waals surface area (Å²) in [6.45, 7) is 4.19. The summed E-state index contributed by atoms with van der Waals surface area (Å²) in [5, 5.41) is 4.00. The van der Waals surface area contributed by atoms with E-state index in [1.54, 1.807) is 7.11 Å². The summed E-state index contributed by atoms with van der Waals surface area (Å²) in [4.78, 5) is 4.38. The summed E-state index contributed by atoms with van der Waals surface area (Å²) in [5.74, 6) is 2.05. The Morgan fingerprint density at radius 1 is 1.53 bits per heavy atom. The molecule has 0 aromatic carbocycles. The molecule has 5 heteroatoms. The van der Waals surface area contributed by atoms with Gasteiger partial charge in [-0.25, -0.2) is 0 Å². The normalized spacial score (nSPS) is 21.2. The van der Waals surface area contributed by atoms with Gasteiger partial charge in [0.25, 0.3) is 0 Å². The SMILES string of the molecule is CCC(C)C(N)c1nc(C(OC)C2CC2)no1. The standard InChI is InChI=1S/C12H21N3O2/c1-4-7(2)9(13)12-14-11(15-17-12)10(16-3)8-5-6-8/h7-10H,4-6,13H2,1-3H3. The van der Waals surface area contributed by atoms with Gasteiger partial charge in [-0.1, -0.05) is 25.4 Å². The minimum absolute atomic E-state index is 0.0309. The van der Waals surface area contributed by atoms with Crippen molar-refractivity contribution in [3.05, 3.63) is 11.7 Å². The fraction of sp³-hybridized carbons (Fsp3) is 0.833. The highest BCUT2D eigenvalue weighted by atomic mass is 16.5. The van der Waals surface area contributed by atoms with Crippen molar-refractivity contribution in [2.24, 2.45) is 17.6 Å². The number of ether oxygens (including phenoxy) is 1. The Kier molecular flexibility index (Phi) is 3.79. The van der Waals surface area contributed by atoms with Crippen molar-refractivity contribution in [1.29, 1.82) is 0 Å². The van der Waals surface area contributed by atoms with E-state index in [0.717, 1.165) is 6.42 Å². The summed E-state index contributed by atoms with van der Waals surface area (Å²) in [5.41, 5.74) is 6.06. The molecule has 0 radical (unpaired) electrons. The molecule has 3 unspecified atom stereocenters. The van der Waals surface area contributed by atoms with Gasteiger partial charge in [0.05, 0.1) is 6.04 Å². The minimum atomic E-state index is -0.182. The van der Waals surface area contributed by atoms with E-state index >= 15 is 0 Å². The third-order valence-corrected chi connectivity index (χ3v) is 3.56. The van der Waals surface area contributed by atoms with Crippen LogP contribution in [0.1, 0.15) is 57.0 Å². The Morgan fingerprint density at radius 2 is 2.24 bits per heavy atom. The smallest absolute Gasteiger partial charge is 0.243 e. The van der Waals surface area contributed by atoms with Gasteiger partial charge in [0.1, 0.15) is 6.10 Å². The molecule has 5 nitrogen and oxygen atoms in total. The Bertz CT molecular complexity index is 362. The van der Waals surface area contributed by atoms with Gasteiger partial charge in [0.15, 0.2) is 0 Å². The summed E-state index contributed by atoms with van der Waals surface area (Å²) in [7, 11) is 1.69. The van der Waals surface area contributed by atoms with Crippen LogP contribution in [0.2, 0.25) is 0 Å². The second-order valence-electron chi connectivity index (χ2n) is 4.90. The van der Waals surface area contributed by atoms with Crippen molar-refractivity contribution in [2.75, 3.05) is 7.11 Å². The van der Waals surface area contributed by atoms with Gasteiger partial charge in [-0.2, -0.15) is 4.98 Å². The predicted octanol–water partition coefficient (Wildman–Crippen LogP) is 2.21. The van der Waals surface area contributed by atoms with E-state index in [1.165, 1.54) is 12.8 Å². The van der Waals surface area contributed by atoms with Gasteiger partial charge in [-0.3, -0.25) is 0 Å². The zero-order valence-electron chi connectivity index (χ0n) is 10.7. The Labute approximate surface area is 102 Å². The summed E-state index contributed by atoms with van der Waals surface area (Å²) < 4.78 is 10.7. The third-order valence-electron chi connectivity index (χ3n) is 3.56. The zero-order valence-corrected chi connectivity index (χ0v) is 10.7. The number of rotatable bonds is 6. The van der Waals surface area contributed by atoms with Crippen LogP contribution in [0.3, 0.4) is 0 Å². The van der Waals surface area contributed by atoms with Crippen LogP contribution in [0, 0.1) is 11.8 Å². The van der Waals surface area contributed by atoms with Crippen molar-refractivity contribution < 1.29 is 9.26 Å². The number of aromatic nitrogens is 2. The van der Waals surface area contributed by atoms with Crippen molar-refractivity contribution in [2.45, 2.75) is 45.3 Å². The fourth-order valence-corrected chi connectivity index (χ4v) is 1.90. The molecule has 1 saturated carbocycles. The molecule has 96 valence electrons. The van der Waals surface area contributed by atoms with Crippen molar-refractivity contribution in [3.8, 4) is 0 Å². The molecule has 0 bridgehead atoms. The second-order valence-corrected chi connectivity index (χ2v) is 4.90. The van der Waals surface area contributed by atoms with E-state index in [9.17, 15) is 0 Å². The topological polar surface area (TPSA) is 74.2 Å². The number of nitrogens with zero attached hydrogens (tertiary/aromatic N) is 2. The van der Waals surface area contributed by atoms with Gasteiger partial charge in [0.2, 0.25) is 11.7 Å². The van der Waals surface area contributed by atoms with E-state index in [-0.39, 0.29) is 12.1 Å². The van der Waals surface area contributed by atoms with Gasteiger partial charge in [0, 0.05) is 7.11 Å². The molecule has 17 heavy (non-hydrogen) atoms. The van der Waals surface area contributed by atoms with Crippen molar-refractivity contribution in [1.82, 2.24) is 10.1 Å². The largest absolute Gasteiger partial charge is 0.373 e. The highest BCUT2D eigenvalue weighted by Crippen LogP contribution is 2.42. The van der Waals surface area contributed by atoms with Crippen molar-refractivity contribution in [3.63, 3.8) is 0 Å². The van der Waals surface area contributed by atoms with Crippen LogP contribution in [-0.4, -0.2) is 17.3 Å². The van der Waals surface area contributed by atoms with Crippen LogP contribution in [0.4, 0.5) is 0 Å². The molecule has 2 rings (SSSR count). The average molecular weight is 239 g/mol. The van der Waals surface area contributed by atoms with Crippen LogP contribution < -0.4 is 5.73 Å². The monoisotopic (exact) mass is 239 g/mol. The molecule has 0 amide bonds. The van der Waals surface area contributed by atoms with Crippen LogP contribution in [0.5, 0.6) is 0 Å². The van der Waals surface area contributed by atoms with E-state index in [2.05, 4.69) is 24.0 Å². The highest BCUT2D eigenvalue weighted by molar-refractivity contribution is 5.00. The molecule has 0 saturated heterocycles. The van der Waals surface area contributed by atoms with Crippen LogP contribution in [-0.2, 0) is 4.74 Å². The maximum Gasteiger partial charge on any atom is 0.243 e. The van der Waals surface area contributed by atoms with Crippen LogP contribution >= 0.6 is 0 Å². The lowest BCUT2D eigenvalue weighted by Crippen LogP contribution is -2.19. The Balaban J connectivity index is 2.09. The first-order valence-corrected chi connectivity index (χ1v) is 6.29. The van der Waals surface area contributed by atoms with E-state index in [1.807, 2.05) is 0 Å². The molecule has 1 aliphatic rings. The van der Waals surface area contributed by atoms with Crippen LogP contribution in [0.25, 0.3) is 0 Å². The lowest BCUT2D eigenvalue weighted by Gasteiger charge is -2.13. The molecule has 1 aromatic heterocycles. The average Bonchev–Trinajstić information content (AvgIpc) is 3.06. The summed E-state index contributed by atoms with van der Waals surface area (Å²) in [6.07, 6.45) is 3.33. The quantitative estimate of drug-likeness (QED) is 0.823. The predicted molar refractivity (Wildman–Crippen MR) is 63.2 cm³/mol. The zero-order chi connectivity index (χ0) is 12.4. The molecule has 1 heterocycles. The van der Waals surface area contributed by atoms with Crippen LogP contribution in [0.15, 0.2) is 4.52 Å². The molecule has 1 aromatic rings. The molecule has 1 aliphatic carbocycles. The maximum absolute atomic E-state index is 6.06. The molecule has 0 spiro atoms. The number of hydrogen-bond acceptors (Lipinski definition) is 5. The molecule has 3 atom stereocenters. The lowest BCUT2D eigenvalue weighted by molar-refractivity contribution is 0.0751. The summed E-state index contributed by atoms with van der Waals surface area (Å²) in [6, 6.07) is -0.182. The third kappa shape index (κ3) is 2.66. The maximum atomic E-state index is 6.06. The Hall–Kier alpha value is -0.940. The van der Waals surface area contributed by atoms with Gasteiger partial charge in [-0.15, -0.1) is 0 Å². The minimum Gasteiger partial charge on any atom is -0.373 e. The highest BCUT2D eigenvalue weighted by Gasteiger charge is 2.36. The van der Waals surface area contributed by atoms with Gasteiger partial charge in [-0.05, 0) is 24.7 Å². The first kappa shape index (κ1) is 12.5. The fourth-order valence-electron chi connectivity index (χ4n) is 1.90. The van der Waals surface area contributed by atoms with E-state index in [4.69, 9.17) is 15.0 Å². The first-order chi connectivity index (χ1) is 8.17. The Morgan fingerprint density at radius 3 is 2.76 bits per heavy atom. The molecular formula is C12H21N3O2. The summed E-state index contributed by atoms with van der Waals surface area (Å²) >= 11 is 0. The molecule has 0 aliphatic heterocycles. The van der Waals surface area contributed by atoms with E-state index < -0.39 is 0 Å². The van der Waals surface area contributed by atoms with Gasteiger partial charge >= 0.3 is 0 Å². The number of hydrogen-bond donors (Lipinski definition) is 1. The van der Waals surface area contributed by atoms with Gasteiger partial charge < -0.3 is 15.0 Å². The van der Waals surface area contributed by atoms with E-state index in [0.29, 0.717) is 23.6 Å². The number of nitrogens with two attached hydrogens (primary N) is 1. The lowest BCUT2D eigenvalue weighted by atomic mass is 10.0. The second kappa shape index (κ2) is 5.14. The van der Waals surface area contributed by atoms with Crippen molar-refractivity contribution >= 4 is 0 Å². The first-order valence-electron chi connectivity index (χ1n) is 6.29. The molecule has 1 fully saturated rings. The molecular weight excluding hydrogens is 218 g/mol. The molecule has 2 N–H and O–H groups in total. The number of methoxy groups -OCH3 is 1.